The summed E-state index contributed by atoms with van der Waals surface area (Å²) < 4.78 is 19.8. The van der Waals surface area contributed by atoms with E-state index in [4.69, 9.17) is 10.5 Å². The van der Waals surface area contributed by atoms with Crippen molar-refractivity contribution in [2.75, 3.05) is 5.32 Å². The topological polar surface area (TPSA) is 90.1 Å². The lowest BCUT2D eigenvalue weighted by Gasteiger charge is -2.20. The Balaban J connectivity index is 0.000000970. The molecule has 1 heterocycles. The Labute approximate surface area is 202 Å². The lowest BCUT2D eigenvalue weighted by atomic mass is 10.0. The van der Waals surface area contributed by atoms with Gasteiger partial charge in [-0.15, -0.1) is 0 Å². The molecule has 1 fully saturated rings. The number of nitrogens with two attached hydrogens (primary N) is 1. The number of aromatic nitrogens is 2. The number of rotatable bonds is 7. The largest absolute Gasteiger partial charge is 0.490 e. The van der Waals surface area contributed by atoms with Gasteiger partial charge in [-0.3, -0.25) is 4.79 Å². The van der Waals surface area contributed by atoms with Crippen LogP contribution in [0.4, 0.5) is 10.2 Å². The van der Waals surface area contributed by atoms with Crippen molar-refractivity contribution in [3.63, 3.8) is 0 Å². The molecule has 2 aromatic carbocycles. The van der Waals surface area contributed by atoms with E-state index < -0.39 is 5.91 Å². The van der Waals surface area contributed by atoms with Crippen LogP contribution in [0.3, 0.4) is 0 Å². The lowest BCUT2D eigenvalue weighted by Crippen LogP contribution is -2.16. The Morgan fingerprint density at radius 2 is 1.85 bits per heavy atom. The number of anilines is 1. The highest BCUT2D eigenvalue weighted by atomic mass is 19.1. The molecule has 1 amide bonds. The molecule has 1 unspecified atom stereocenters. The number of fused-ring (bicyclic) bond motifs is 1. The fourth-order valence-electron chi connectivity index (χ4n) is 4.02. The first kappa shape index (κ1) is 27.0. The summed E-state index contributed by atoms with van der Waals surface area (Å²) in [6, 6.07) is 9.83. The van der Waals surface area contributed by atoms with Gasteiger partial charge in [0.05, 0.1) is 23.2 Å². The molecule has 7 heteroatoms. The Kier molecular flexibility index (Phi) is 10.7. The zero-order valence-corrected chi connectivity index (χ0v) is 20.9. The molecule has 34 heavy (non-hydrogen) atoms. The number of carbonyl (C=O) groups is 1. The molecular formula is C27H37FN4O2. The van der Waals surface area contributed by atoms with Crippen molar-refractivity contribution in [2.45, 2.75) is 78.9 Å². The number of ether oxygens (including phenoxy) is 1. The van der Waals surface area contributed by atoms with Gasteiger partial charge in [0.2, 0.25) is 0 Å². The molecule has 1 aliphatic rings. The summed E-state index contributed by atoms with van der Waals surface area (Å²) in [5, 5.41) is 4.03. The van der Waals surface area contributed by atoms with E-state index in [9.17, 15) is 9.18 Å². The minimum absolute atomic E-state index is 0.139. The summed E-state index contributed by atoms with van der Waals surface area (Å²) in [5.74, 6) is 0.276. The number of hydrogen-bond acceptors (Lipinski definition) is 5. The molecule has 6 nitrogen and oxygen atoms in total. The van der Waals surface area contributed by atoms with Gasteiger partial charge in [-0.25, -0.2) is 14.4 Å². The van der Waals surface area contributed by atoms with Crippen LogP contribution in [0.5, 0.6) is 5.75 Å². The van der Waals surface area contributed by atoms with Crippen LogP contribution in [-0.4, -0.2) is 22.0 Å². The molecule has 3 N–H and O–H groups in total. The predicted molar refractivity (Wildman–Crippen MR) is 137 cm³/mol. The molecule has 0 radical (unpaired) electrons. The van der Waals surface area contributed by atoms with Gasteiger partial charge in [0.1, 0.15) is 23.7 Å². The molecule has 184 valence electrons. The average Bonchev–Trinajstić information content (AvgIpc) is 3.37. The molecule has 4 rings (SSSR count). The lowest BCUT2D eigenvalue weighted by molar-refractivity contribution is 0.100. The molecule has 1 atom stereocenters. The van der Waals surface area contributed by atoms with E-state index in [-0.39, 0.29) is 18.0 Å². The number of carbonyl (C=O) groups excluding carboxylic acids is 1. The standard InChI is InChI=1S/C23H25FN4O2.2C2H6/c1-2-20(14-6-5-7-15(24)10-14)28-23-19-12-17(30-16-8-3-4-9-16)11-18(22(25)29)21(19)26-13-27-23;2*1-2/h5-7,10-13,16,20H,2-4,8-9H2,1H3,(H2,25,29)(H,26,27,28);2*1-2H3. The number of halogens is 1. The van der Waals surface area contributed by atoms with Crippen LogP contribution in [0.15, 0.2) is 42.7 Å². The highest BCUT2D eigenvalue weighted by Crippen LogP contribution is 2.33. The summed E-state index contributed by atoms with van der Waals surface area (Å²) in [4.78, 5) is 20.8. The van der Waals surface area contributed by atoms with E-state index >= 15 is 0 Å². The highest BCUT2D eigenvalue weighted by molar-refractivity contribution is 6.07. The van der Waals surface area contributed by atoms with Crippen molar-refractivity contribution in [3.05, 3.63) is 59.7 Å². The first-order chi connectivity index (χ1) is 16.5. The number of nitrogens with zero attached hydrogens (tertiary/aromatic N) is 2. The summed E-state index contributed by atoms with van der Waals surface area (Å²) in [5.41, 5.74) is 7.20. The SMILES string of the molecule is CC.CC.CCC(Nc1ncnc2c(C(N)=O)cc(OC3CCCC3)cc12)c1cccc(F)c1. The second-order valence-electron chi connectivity index (χ2n) is 7.64. The molecule has 3 aromatic rings. The quantitative estimate of drug-likeness (QED) is 0.398. The Morgan fingerprint density at radius 3 is 2.47 bits per heavy atom. The van der Waals surface area contributed by atoms with Crippen LogP contribution in [0.25, 0.3) is 10.9 Å². The van der Waals surface area contributed by atoms with Crippen molar-refractivity contribution in [1.82, 2.24) is 9.97 Å². The number of amides is 1. The normalized spacial score (nSPS) is 13.8. The molecule has 1 saturated carbocycles. The van der Waals surface area contributed by atoms with Crippen LogP contribution >= 0.6 is 0 Å². The van der Waals surface area contributed by atoms with E-state index in [0.29, 0.717) is 28.0 Å². The Hall–Kier alpha value is -3.22. The molecule has 0 saturated heterocycles. The second kappa shape index (κ2) is 13.5. The van der Waals surface area contributed by atoms with E-state index in [0.717, 1.165) is 37.7 Å². The first-order valence-corrected chi connectivity index (χ1v) is 12.3. The third kappa shape index (κ3) is 6.65. The van der Waals surface area contributed by atoms with Crippen LogP contribution in [0, 0.1) is 5.82 Å². The first-order valence-electron chi connectivity index (χ1n) is 12.3. The molecule has 1 aliphatic carbocycles. The number of nitrogens with one attached hydrogen (secondary N) is 1. The summed E-state index contributed by atoms with van der Waals surface area (Å²) >= 11 is 0. The van der Waals surface area contributed by atoms with Crippen LogP contribution < -0.4 is 15.8 Å². The van der Waals surface area contributed by atoms with Crippen molar-refractivity contribution in [2.24, 2.45) is 5.73 Å². The number of hydrogen-bond donors (Lipinski definition) is 2. The Bertz CT molecular complexity index is 1070. The third-order valence-corrected chi connectivity index (χ3v) is 5.55. The smallest absolute Gasteiger partial charge is 0.251 e. The summed E-state index contributed by atoms with van der Waals surface area (Å²) in [6.45, 7) is 10.0. The van der Waals surface area contributed by atoms with Crippen LogP contribution in [-0.2, 0) is 0 Å². The van der Waals surface area contributed by atoms with Gasteiger partial charge in [0.15, 0.2) is 0 Å². The summed E-state index contributed by atoms with van der Waals surface area (Å²) in [7, 11) is 0. The second-order valence-corrected chi connectivity index (χ2v) is 7.64. The number of primary amides is 1. The van der Waals surface area contributed by atoms with Crippen LogP contribution in [0.2, 0.25) is 0 Å². The highest BCUT2D eigenvalue weighted by Gasteiger charge is 2.20. The van der Waals surface area contributed by atoms with Gasteiger partial charge in [0, 0.05) is 5.39 Å². The van der Waals surface area contributed by atoms with Gasteiger partial charge in [-0.05, 0) is 61.9 Å². The Morgan fingerprint density at radius 1 is 1.15 bits per heavy atom. The van der Waals surface area contributed by atoms with Gasteiger partial charge >= 0.3 is 0 Å². The maximum atomic E-state index is 13.7. The van der Waals surface area contributed by atoms with Crippen molar-refractivity contribution >= 4 is 22.6 Å². The average molecular weight is 469 g/mol. The molecule has 0 aliphatic heterocycles. The maximum absolute atomic E-state index is 13.7. The van der Waals surface area contributed by atoms with Crippen molar-refractivity contribution in [1.29, 1.82) is 0 Å². The molecule has 0 spiro atoms. The minimum Gasteiger partial charge on any atom is -0.490 e. The molecular weight excluding hydrogens is 431 g/mol. The van der Waals surface area contributed by atoms with E-state index in [2.05, 4.69) is 15.3 Å². The van der Waals surface area contributed by atoms with Gasteiger partial charge < -0.3 is 15.8 Å². The van der Waals surface area contributed by atoms with Crippen molar-refractivity contribution < 1.29 is 13.9 Å². The number of benzene rings is 2. The maximum Gasteiger partial charge on any atom is 0.251 e. The van der Waals surface area contributed by atoms with Gasteiger partial charge in [-0.1, -0.05) is 46.8 Å². The minimum atomic E-state index is -0.571. The van der Waals surface area contributed by atoms with E-state index in [1.807, 2.05) is 46.8 Å². The van der Waals surface area contributed by atoms with Crippen LogP contribution in [0.1, 0.15) is 88.7 Å². The summed E-state index contributed by atoms with van der Waals surface area (Å²) in [6.07, 6.45) is 6.53. The zero-order chi connectivity index (χ0) is 25.1. The van der Waals surface area contributed by atoms with Gasteiger partial charge in [0.25, 0.3) is 5.91 Å². The van der Waals surface area contributed by atoms with E-state index in [1.165, 1.54) is 18.5 Å². The fraction of sp³-hybridized carbons (Fsp3) is 0.444. The molecule has 0 bridgehead atoms. The monoisotopic (exact) mass is 468 g/mol. The van der Waals surface area contributed by atoms with Crippen molar-refractivity contribution in [3.8, 4) is 5.75 Å². The van der Waals surface area contributed by atoms with E-state index in [1.54, 1.807) is 12.1 Å². The fourth-order valence-corrected chi connectivity index (χ4v) is 4.02. The molecule has 1 aromatic heterocycles. The predicted octanol–water partition coefficient (Wildman–Crippen LogP) is 6.80. The zero-order valence-electron chi connectivity index (χ0n) is 20.9. The van der Waals surface area contributed by atoms with Gasteiger partial charge in [-0.2, -0.15) is 0 Å². The third-order valence-electron chi connectivity index (χ3n) is 5.55.